The summed E-state index contributed by atoms with van der Waals surface area (Å²) in [6, 6.07) is 20.2. The number of hydrogen-bond donors (Lipinski definition) is 1. The van der Waals surface area contributed by atoms with E-state index in [9.17, 15) is 19.2 Å². The molecule has 8 nitrogen and oxygen atoms in total. The first-order valence-electron chi connectivity index (χ1n) is 11.4. The van der Waals surface area contributed by atoms with E-state index in [1.807, 2.05) is 78.2 Å². The van der Waals surface area contributed by atoms with Crippen molar-refractivity contribution in [2.45, 2.75) is 30.0 Å². The summed E-state index contributed by atoms with van der Waals surface area (Å²) in [6.07, 6.45) is 0.890. The number of hydrogen-bond acceptors (Lipinski definition) is 8. The van der Waals surface area contributed by atoms with Gasteiger partial charge in [-0.05, 0) is 28.0 Å². The average Bonchev–Trinajstić information content (AvgIpc) is 3.44. The first-order chi connectivity index (χ1) is 18.1. The topological polar surface area (TPSA) is 105 Å². The molecule has 2 amide bonds. The zero-order valence-corrected chi connectivity index (χ0v) is 21.0. The van der Waals surface area contributed by atoms with Crippen LogP contribution in [0.4, 0.5) is 0 Å². The maximum atomic E-state index is 13.6. The Labute approximate surface area is 221 Å². The van der Waals surface area contributed by atoms with Crippen LogP contribution >= 0.6 is 23.1 Å². The normalized spacial score (nSPS) is 20.2. The van der Waals surface area contributed by atoms with Crippen molar-refractivity contribution in [3.63, 3.8) is 0 Å². The molecule has 0 bridgehead atoms. The van der Waals surface area contributed by atoms with Gasteiger partial charge in [-0.15, -0.1) is 23.1 Å². The van der Waals surface area contributed by atoms with Crippen LogP contribution in [0.15, 0.2) is 94.3 Å². The minimum Gasteiger partial charge on any atom is -0.451 e. The number of fused-ring (bicyclic) bond motifs is 1. The number of carbonyl (C=O) groups excluding carboxylic acids is 4. The first kappa shape index (κ1) is 24.7. The molecule has 0 saturated carbocycles. The van der Waals surface area contributed by atoms with Gasteiger partial charge >= 0.3 is 5.97 Å². The number of amides is 2. The summed E-state index contributed by atoms with van der Waals surface area (Å²) in [7, 11) is 0. The molecule has 0 spiro atoms. The van der Waals surface area contributed by atoms with Gasteiger partial charge in [-0.1, -0.05) is 66.7 Å². The van der Waals surface area contributed by atoms with E-state index >= 15 is 0 Å². The number of nitrogens with one attached hydrogen (secondary N) is 1. The zero-order chi connectivity index (χ0) is 25.8. The Morgan fingerprint density at radius 2 is 1.70 bits per heavy atom. The molecule has 1 saturated heterocycles. The molecule has 0 radical (unpaired) electrons. The molecule has 1 aromatic heterocycles. The molecule has 10 heteroatoms. The van der Waals surface area contributed by atoms with Gasteiger partial charge in [0.2, 0.25) is 17.9 Å². The van der Waals surface area contributed by atoms with Crippen molar-refractivity contribution >= 4 is 47.0 Å². The molecule has 37 heavy (non-hydrogen) atoms. The highest BCUT2D eigenvalue weighted by atomic mass is 32.2. The van der Waals surface area contributed by atoms with E-state index in [1.54, 1.807) is 5.41 Å². The van der Waals surface area contributed by atoms with E-state index in [0.29, 0.717) is 0 Å². The highest BCUT2D eigenvalue weighted by Gasteiger charge is 2.56. The fraction of sp³-hybridized carbons (Fsp3) is 0.185. The van der Waals surface area contributed by atoms with E-state index in [-0.39, 0.29) is 18.0 Å². The summed E-state index contributed by atoms with van der Waals surface area (Å²) in [6.45, 7) is 0. The predicted molar refractivity (Wildman–Crippen MR) is 139 cm³/mol. The van der Waals surface area contributed by atoms with Gasteiger partial charge in [0.05, 0.1) is 12.1 Å². The van der Waals surface area contributed by atoms with Crippen molar-refractivity contribution < 1.29 is 23.9 Å². The van der Waals surface area contributed by atoms with Gasteiger partial charge in [0.1, 0.15) is 11.4 Å². The lowest BCUT2D eigenvalue weighted by atomic mass is 9.99. The number of nitrogens with zero attached hydrogens (tertiary/aromatic N) is 2. The van der Waals surface area contributed by atoms with Crippen molar-refractivity contribution in [1.29, 1.82) is 0 Å². The molecule has 5 rings (SSSR count). The van der Waals surface area contributed by atoms with E-state index < -0.39 is 35.4 Å². The molecule has 2 aromatic carbocycles. The van der Waals surface area contributed by atoms with Crippen LogP contribution in [-0.4, -0.2) is 46.2 Å². The fourth-order valence-electron chi connectivity index (χ4n) is 4.32. The zero-order valence-electron chi connectivity index (χ0n) is 19.4. The largest absolute Gasteiger partial charge is 0.451 e. The van der Waals surface area contributed by atoms with Crippen molar-refractivity contribution in [2.75, 3.05) is 0 Å². The number of carbonyl (C=O) groups is 3. The number of β-lactam (4-membered cyclic amide) rings is 1. The molecule has 2 unspecified atom stereocenters. The molecule has 1 N–H and O–H groups in total. The van der Waals surface area contributed by atoms with Crippen LogP contribution in [0.5, 0.6) is 0 Å². The fourth-order valence-corrected chi connectivity index (χ4v) is 6.18. The summed E-state index contributed by atoms with van der Waals surface area (Å²) >= 11 is 2.66. The van der Waals surface area contributed by atoms with Crippen molar-refractivity contribution in [3.05, 3.63) is 105 Å². The highest BCUT2D eigenvalue weighted by Crippen LogP contribution is 2.41. The van der Waals surface area contributed by atoms with Gasteiger partial charge < -0.3 is 15.0 Å². The number of esters is 1. The summed E-state index contributed by atoms with van der Waals surface area (Å²) < 4.78 is 5.97. The minimum atomic E-state index is -1.24. The quantitative estimate of drug-likeness (QED) is 0.206. The Morgan fingerprint density at radius 1 is 1.03 bits per heavy atom. The van der Waals surface area contributed by atoms with E-state index in [4.69, 9.17) is 4.74 Å². The van der Waals surface area contributed by atoms with Crippen molar-refractivity contribution in [3.8, 4) is 0 Å². The Bertz CT molecular complexity index is 1330. The highest BCUT2D eigenvalue weighted by molar-refractivity contribution is 8.02. The van der Waals surface area contributed by atoms with Gasteiger partial charge in [-0.25, -0.2) is 9.59 Å². The molecule has 0 aliphatic carbocycles. The van der Waals surface area contributed by atoms with Gasteiger partial charge in [-0.3, -0.25) is 9.59 Å². The smallest absolute Gasteiger partial charge is 0.336 e. The van der Waals surface area contributed by atoms with Crippen LogP contribution in [0.1, 0.15) is 22.1 Å². The van der Waals surface area contributed by atoms with Crippen LogP contribution in [0, 0.1) is 0 Å². The average molecular weight is 532 g/mol. The van der Waals surface area contributed by atoms with Crippen LogP contribution in [0.25, 0.3) is 0 Å². The first-order valence-corrected chi connectivity index (χ1v) is 13.3. The van der Waals surface area contributed by atoms with Gasteiger partial charge in [0.25, 0.3) is 0 Å². The summed E-state index contributed by atoms with van der Waals surface area (Å²) in [4.78, 5) is 56.2. The maximum Gasteiger partial charge on any atom is 0.336 e. The van der Waals surface area contributed by atoms with Crippen LogP contribution in [-0.2, 0) is 30.3 Å². The van der Waals surface area contributed by atoms with E-state index in [0.717, 1.165) is 16.0 Å². The second-order valence-corrected chi connectivity index (χ2v) is 10.4. The SMILES string of the molecule is O=C=NC1=CS[C@@H]2C(NC(=O)Cc3cccs3)C(=O)N2C1C(=O)OC(c1ccccc1)c1ccccc1. The Kier molecular flexibility index (Phi) is 7.32. The number of benzene rings is 2. The number of aliphatic imine (C=N–C) groups is 1. The Morgan fingerprint density at radius 3 is 2.30 bits per heavy atom. The summed E-state index contributed by atoms with van der Waals surface area (Å²) in [5.74, 6) is -1.46. The molecule has 3 atom stereocenters. The third-order valence-corrected chi connectivity index (χ3v) is 8.07. The Hall–Kier alpha value is -3.98. The van der Waals surface area contributed by atoms with Crippen LogP contribution < -0.4 is 5.32 Å². The molecule has 3 aromatic rings. The van der Waals surface area contributed by atoms with Crippen molar-refractivity contribution in [1.82, 2.24) is 10.2 Å². The van der Waals surface area contributed by atoms with Gasteiger partial charge in [0.15, 0.2) is 12.1 Å². The monoisotopic (exact) mass is 531 g/mol. The summed E-state index contributed by atoms with van der Waals surface area (Å²) in [5.41, 5.74) is 1.57. The lowest BCUT2D eigenvalue weighted by Crippen LogP contribution is -2.74. The Balaban J connectivity index is 1.37. The molecular weight excluding hydrogens is 510 g/mol. The maximum absolute atomic E-state index is 13.6. The molecule has 3 heterocycles. The third kappa shape index (κ3) is 5.13. The standard InChI is InChI=1S/C27H21N3O5S2/c31-16-28-20-15-37-26-22(29-21(32)14-19-12-7-13-36-19)25(33)30(26)23(20)27(34)35-24(17-8-3-1-4-9-17)18-10-5-2-6-11-18/h1-13,15,22-24,26H,14H2,(H,29,32)/t22?,23?,26-/m1/s1. The molecule has 1 fully saturated rings. The predicted octanol–water partition coefficient (Wildman–Crippen LogP) is 3.57. The van der Waals surface area contributed by atoms with E-state index in [1.165, 1.54) is 34.1 Å². The molecule has 2 aliphatic heterocycles. The summed E-state index contributed by atoms with van der Waals surface area (Å²) in [5, 5.41) is 5.66. The lowest BCUT2D eigenvalue weighted by Gasteiger charge is -2.51. The minimum absolute atomic E-state index is 0.0674. The number of rotatable bonds is 8. The second-order valence-electron chi connectivity index (χ2n) is 8.36. The van der Waals surface area contributed by atoms with Crippen LogP contribution in [0.3, 0.4) is 0 Å². The van der Waals surface area contributed by atoms with E-state index in [2.05, 4.69) is 10.3 Å². The van der Waals surface area contributed by atoms with Gasteiger partial charge in [0, 0.05) is 4.88 Å². The molecular formula is C27H21N3O5S2. The second kappa shape index (κ2) is 11.0. The lowest BCUT2D eigenvalue weighted by molar-refractivity contribution is -0.165. The number of ether oxygens (including phenoxy) is 1. The van der Waals surface area contributed by atoms with Crippen molar-refractivity contribution in [2.24, 2.45) is 4.99 Å². The third-order valence-electron chi connectivity index (χ3n) is 6.03. The molecule has 186 valence electrons. The van der Waals surface area contributed by atoms with Crippen LogP contribution in [0.2, 0.25) is 0 Å². The molecule has 2 aliphatic rings. The number of thioether (sulfide) groups is 1. The van der Waals surface area contributed by atoms with Gasteiger partial charge in [-0.2, -0.15) is 4.99 Å². The number of isocyanates is 1. The number of thiophene rings is 1.